The van der Waals surface area contributed by atoms with E-state index >= 15 is 0 Å². The van der Waals surface area contributed by atoms with Crippen LogP contribution in [0.5, 0.6) is 0 Å². The molecule has 272 valence electrons. The van der Waals surface area contributed by atoms with Gasteiger partial charge in [0.2, 0.25) is 0 Å². The Morgan fingerprint density at radius 1 is 0.328 bits per heavy atom. The number of aromatic nitrogens is 2. The molecule has 0 saturated carbocycles. The van der Waals surface area contributed by atoms with Crippen LogP contribution in [0.4, 0.5) is 0 Å². The molecule has 0 N–H and O–H groups in total. The van der Waals surface area contributed by atoms with Gasteiger partial charge in [-0.05, 0) is 57.1 Å². The number of benzene rings is 9. The third-order valence-electron chi connectivity index (χ3n) is 12.2. The fourth-order valence-corrected chi connectivity index (χ4v) is 14.7. The van der Waals surface area contributed by atoms with E-state index in [4.69, 9.17) is 4.42 Å². The maximum atomic E-state index is 6.84. The van der Waals surface area contributed by atoms with E-state index in [1.165, 1.54) is 53.3 Å². The highest BCUT2D eigenvalue weighted by atomic mass is 28.3. The van der Waals surface area contributed by atoms with Gasteiger partial charge in [-0.25, -0.2) is 0 Å². The zero-order chi connectivity index (χ0) is 38.2. The summed E-state index contributed by atoms with van der Waals surface area (Å²) in [5, 5.41) is 12.5. The zero-order valence-corrected chi connectivity index (χ0v) is 32.6. The van der Waals surface area contributed by atoms with Crippen molar-refractivity contribution in [2.24, 2.45) is 0 Å². The lowest BCUT2D eigenvalue weighted by atomic mass is 10.1. The normalized spacial score (nSPS) is 12.1. The van der Waals surface area contributed by atoms with Crippen LogP contribution in [0.25, 0.3) is 76.9 Å². The maximum absolute atomic E-state index is 6.84. The molecular formula is C54H36N2OSi. The second kappa shape index (κ2) is 12.8. The van der Waals surface area contributed by atoms with Crippen LogP contribution in [0.3, 0.4) is 0 Å². The topological polar surface area (TPSA) is 23.0 Å². The van der Waals surface area contributed by atoms with E-state index in [-0.39, 0.29) is 0 Å². The molecule has 0 amide bonds. The molecule has 0 saturated heterocycles. The molecule has 12 aromatic rings. The molecule has 0 aliphatic heterocycles. The molecule has 3 aromatic heterocycles. The molecule has 0 unspecified atom stereocenters. The summed E-state index contributed by atoms with van der Waals surface area (Å²) in [6.07, 6.45) is 0. The molecule has 0 aliphatic carbocycles. The first kappa shape index (κ1) is 32.8. The Hall–Kier alpha value is -7.40. The highest BCUT2D eigenvalue weighted by Gasteiger charge is 2.41. The van der Waals surface area contributed by atoms with Gasteiger partial charge in [0.05, 0.1) is 33.1 Å². The summed E-state index contributed by atoms with van der Waals surface area (Å²) in [5.74, 6) is 0. The van der Waals surface area contributed by atoms with Crippen molar-refractivity contribution in [3.63, 3.8) is 0 Å². The lowest BCUT2D eigenvalue weighted by molar-refractivity contribution is 0.669. The number of fused-ring (bicyclic) bond motifs is 10. The zero-order valence-electron chi connectivity index (χ0n) is 31.6. The molecule has 0 fully saturated rings. The highest BCUT2D eigenvalue weighted by molar-refractivity contribution is 7.19. The van der Waals surface area contributed by atoms with Crippen LogP contribution in [0.1, 0.15) is 0 Å². The van der Waals surface area contributed by atoms with Gasteiger partial charge in [-0.1, -0.05) is 176 Å². The highest BCUT2D eigenvalue weighted by Crippen LogP contribution is 2.45. The molecule has 0 aliphatic rings. The molecule has 3 heterocycles. The second-order valence-corrected chi connectivity index (χ2v) is 19.0. The Bertz CT molecular complexity index is 3360. The molecule has 0 atom stereocenters. The summed E-state index contributed by atoms with van der Waals surface area (Å²) in [4.78, 5) is 0. The number of nitrogens with zero attached hydrogens (tertiary/aromatic N) is 2. The van der Waals surface area contributed by atoms with Gasteiger partial charge in [0.15, 0.2) is 8.07 Å². The van der Waals surface area contributed by atoms with E-state index in [1.54, 1.807) is 0 Å². The van der Waals surface area contributed by atoms with Crippen LogP contribution in [0, 0.1) is 0 Å². The average molecular weight is 757 g/mol. The summed E-state index contributed by atoms with van der Waals surface area (Å²) in [6, 6.07) is 80.1. The van der Waals surface area contributed by atoms with Gasteiger partial charge < -0.3 is 13.6 Å². The molecular weight excluding hydrogens is 721 g/mol. The van der Waals surface area contributed by atoms with Crippen molar-refractivity contribution in [2.45, 2.75) is 0 Å². The van der Waals surface area contributed by atoms with Gasteiger partial charge in [-0.2, -0.15) is 0 Å². The van der Waals surface area contributed by atoms with E-state index in [9.17, 15) is 0 Å². The molecule has 3 nitrogen and oxygen atoms in total. The predicted octanol–water partition coefficient (Wildman–Crippen LogP) is 11.2. The quantitative estimate of drug-likeness (QED) is 0.122. The van der Waals surface area contributed by atoms with Crippen LogP contribution in [0.15, 0.2) is 223 Å². The molecule has 58 heavy (non-hydrogen) atoms. The van der Waals surface area contributed by atoms with Gasteiger partial charge in [0.1, 0.15) is 11.2 Å². The number of para-hydroxylation sites is 4. The van der Waals surface area contributed by atoms with Gasteiger partial charge in [-0.15, -0.1) is 0 Å². The fraction of sp³-hybridized carbons (Fsp3) is 0. The molecule has 0 radical (unpaired) electrons. The lowest BCUT2D eigenvalue weighted by Crippen LogP contribution is -2.74. The molecule has 0 bridgehead atoms. The summed E-state index contributed by atoms with van der Waals surface area (Å²) < 4.78 is 11.8. The third kappa shape index (κ3) is 4.61. The molecule has 0 spiro atoms. The lowest BCUT2D eigenvalue weighted by Gasteiger charge is -2.34. The van der Waals surface area contributed by atoms with E-state index < -0.39 is 8.07 Å². The Labute approximate surface area is 336 Å². The van der Waals surface area contributed by atoms with Crippen molar-refractivity contribution in [1.82, 2.24) is 9.13 Å². The Morgan fingerprint density at radius 2 is 0.793 bits per heavy atom. The minimum Gasteiger partial charge on any atom is -0.456 e. The maximum Gasteiger partial charge on any atom is 0.179 e. The predicted molar refractivity (Wildman–Crippen MR) is 246 cm³/mol. The first-order valence-electron chi connectivity index (χ1n) is 19.9. The Morgan fingerprint density at radius 3 is 1.38 bits per heavy atom. The summed E-state index contributed by atoms with van der Waals surface area (Å²) in [5.41, 5.74) is 8.61. The third-order valence-corrected chi connectivity index (χ3v) is 17.0. The van der Waals surface area contributed by atoms with E-state index in [1.807, 2.05) is 0 Å². The minimum atomic E-state index is -2.81. The van der Waals surface area contributed by atoms with Gasteiger partial charge >= 0.3 is 0 Å². The van der Waals surface area contributed by atoms with Gasteiger partial charge in [0.25, 0.3) is 0 Å². The van der Waals surface area contributed by atoms with Crippen molar-refractivity contribution in [3.8, 4) is 11.4 Å². The van der Waals surface area contributed by atoms with E-state index in [0.717, 1.165) is 44.3 Å². The van der Waals surface area contributed by atoms with Crippen molar-refractivity contribution in [2.75, 3.05) is 0 Å². The Balaban J connectivity index is 1.25. The van der Waals surface area contributed by atoms with Crippen LogP contribution < -0.4 is 20.7 Å². The monoisotopic (exact) mass is 756 g/mol. The van der Waals surface area contributed by atoms with Gasteiger partial charge in [0, 0.05) is 38.7 Å². The van der Waals surface area contributed by atoms with Crippen LogP contribution in [0.2, 0.25) is 0 Å². The molecule has 9 aromatic carbocycles. The standard InChI is InChI=1S/C54H36N2OSi/c1-4-20-38(21-5-1)58(39-22-6-2-7-23-39,40-24-8-3-9-25-40)41-26-18-19-37(35-41)55-48-33-16-12-29-44(48)52-49(36-51-53(54(52)55)45-30-13-17-34-50(45)57-51)56-46-31-14-10-27-42(46)43-28-11-15-32-47(43)56/h1-36H. The average Bonchev–Trinajstić information content (AvgIpc) is 3.96. The fourth-order valence-electron chi connectivity index (χ4n) is 9.91. The van der Waals surface area contributed by atoms with Crippen molar-refractivity contribution < 1.29 is 4.42 Å². The van der Waals surface area contributed by atoms with Crippen molar-refractivity contribution in [1.29, 1.82) is 0 Å². The SMILES string of the molecule is c1ccc([Si](c2ccccc2)(c2ccccc2)c2cccc(-n3c4ccccc4c4c(-n5c6ccccc6c6ccccc65)cc5oc6ccccc6c5c43)c2)cc1. The summed E-state index contributed by atoms with van der Waals surface area (Å²) >= 11 is 0. The van der Waals surface area contributed by atoms with E-state index in [2.05, 4.69) is 228 Å². The smallest absolute Gasteiger partial charge is 0.179 e. The largest absolute Gasteiger partial charge is 0.456 e. The second-order valence-electron chi connectivity index (χ2n) is 15.2. The van der Waals surface area contributed by atoms with Crippen molar-refractivity contribution in [3.05, 3.63) is 218 Å². The minimum absolute atomic E-state index is 0.868. The van der Waals surface area contributed by atoms with Crippen molar-refractivity contribution >= 4 is 94.4 Å². The number of furan rings is 1. The van der Waals surface area contributed by atoms with Crippen LogP contribution in [-0.4, -0.2) is 17.2 Å². The van der Waals surface area contributed by atoms with Gasteiger partial charge in [-0.3, -0.25) is 0 Å². The van der Waals surface area contributed by atoms with Crippen LogP contribution in [-0.2, 0) is 0 Å². The number of hydrogen-bond donors (Lipinski definition) is 0. The summed E-state index contributed by atoms with van der Waals surface area (Å²) in [7, 11) is -2.81. The molecule has 4 heteroatoms. The first-order valence-corrected chi connectivity index (χ1v) is 21.9. The van der Waals surface area contributed by atoms with E-state index in [0.29, 0.717) is 0 Å². The number of rotatable bonds is 6. The summed E-state index contributed by atoms with van der Waals surface area (Å²) in [6.45, 7) is 0. The molecule has 12 rings (SSSR count). The number of hydrogen-bond acceptors (Lipinski definition) is 1. The first-order chi connectivity index (χ1) is 28.8. The Kier molecular flexibility index (Phi) is 7.25. The van der Waals surface area contributed by atoms with Crippen LogP contribution >= 0.6 is 0 Å².